The molecule has 0 atom stereocenters. The fraction of sp³-hybridized carbons (Fsp3) is 0.400. The number of benzene rings is 1. The van der Waals surface area contributed by atoms with E-state index in [1.807, 2.05) is 11.8 Å². The molecule has 3 rings (SSSR count). The average molecular weight is 335 g/mol. The normalized spacial score (nSPS) is 15.0. The quantitative estimate of drug-likeness (QED) is 0.862. The molecule has 1 aliphatic rings. The van der Waals surface area contributed by atoms with Gasteiger partial charge in [0, 0.05) is 31.9 Å². The molecule has 1 aromatic carbocycles. The van der Waals surface area contributed by atoms with Crippen molar-refractivity contribution in [3.05, 3.63) is 35.9 Å². The fourth-order valence-electron chi connectivity index (χ4n) is 2.47. The highest BCUT2D eigenvalue weighted by Crippen LogP contribution is 2.18. The van der Waals surface area contributed by atoms with Gasteiger partial charge in [-0.15, -0.1) is 5.10 Å². The van der Waals surface area contributed by atoms with Gasteiger partial charge in [0.05, 0.1) is 5.75 Å². The van der Waals surface area contributed by atoms with E-state index in [-0.39, 0.29) is 11.7 Å². The number of piperazine rings is 1. The minimum absolute atomic E-state index is 0.0937. The number of halogens is 1. The van der Waals surface area contributed by atoms with Gasteiger partial charge in [0.25, 0.3) is 0 Å². The van der Waals surface area contributed by atoms with Crippen LogP contribution in [0.1, 0.15) is 5.82 Å². The number of rotatable bonds is 4. The second-order valence-electron chi connectivity index (χ2n) is 5.34. The summed E-state index contributed by atoms with van der Waals surface area (Å²) >= 11 is 1.34. The molecule has 2 aromatic rings. The number of H-pyrrole nitrogens is 1. The third-order valence-electron chi connectivity index (χ3n) is 3.73. The molecule has 0 unspecified atom stereocenters. The number of carbonyl (C=O) groups excluding carboxylic acids is 1. The molecule has 0 aliphatic carbocycles. The topological polar surface area (TPSA) is 65.1 Å². The van der Waals surface area contributed by atoms with Crippen LogP contribution in [0.25, 0.3) is 0 Å². The minimum atomic E-state index is -0.234. The number of nitrogens with one attached hydrogen (secondary N) is 1. The Balaban J connectivity index is 1.48. The lowest BCUT2D eigenvalue weighted by Gasteiger charge is -2.36. The SMILES string of the molecule is Cc1nc(SCC(=O)N2CCN(c3ccc(F)cc3)CC2)n[nH]1. The van der Waals surface area contributed by atoms with E-state index in [0.717, 1.165) is 24.6 Å². The van der Waals surface area contributed by atoms with Crippen LogP contribution in [0.4, 0.5) is 10.1 Å². The fourth-order valence-corrected chi connectivity index (χ4v) is 3.22. The van der Waals surface area contributed by atoms with Crippen LogP contribution in [0.2, 0.25) is 0 Å². The van der Waals surface area contributed by atoms with Crippen LogP contribution in [-0.2, 0) is 4.79 Å². The van der Waals surface area contributed by atoms with Gasteiger partial charge in [-0.25, -0.2) is 9.37 Å². The first-order valence-electron chi connectivity index (χ1n) is 7.42. The Labute approximate surface area is 138 Å². The van der Waals surface area contributed by atoms with Crippen LogP contribution < -0.4 is 4.90 Å². The standard InChI is InChI=1S/C15H18FN5OS/c1-11-17-15(19-18-11)23-10-14(22)21-8-6-20(7-9-21)13-4-2-12(16)3-5-13/h2-5H,6-10H2,1H3,(H,17,18,19). The van der Waals surface area contributed by atoms with E-state index < -0.39 is 0 Å². The summed E-state index contributed by atoms with van der Waals surface area (Å²) in [6, 6.07) is 6.47. The van der Waals surface area contributed by atoms with E-state index in [1.165, 1.54) is 23.9 Å². The lowest BCUT2D eigenvalue weighted by Crippen LogP contribution is -2.49. The summed E-state index contributed by atoms with van der Waals surface area (Å²) < 4.78 is 13.0. The smallest absolute Gasteiger partial charge is 0.233 e. The zero-order valence-corrected chi connectivity index (χ0v) is 13.6. The minimum Gasteiger partial charge on any atom is -0.368 e. The van der Waals surface area contributed by atoms with Gasteiger partial charge < -0.3 is 9.80 Å². The van der Waals surface area contributed by atoms with Crippen molar-refractivity contribution in [3.63, 3.8) is 0 Å². The molecule has 1 N–H and O–H groups in total. The number of aryl methyl sites for hydroxylation is 1. The van der Waals surface area contributed by atoms with Gasteiger partial charge in [-0.1, -0.05) is 11.8 Å². The van der Waals surface area contributed by atoms with Crippen LogP contribution >= 0.6 is 11.8 Å². The van der Waals surface area contributed by atoms with Gasteiger partial charge in [0.15, 0.2) is 0 Å². The summed E-state index contributed by atoms with van der Waals surface area (Å²) in [5.41, 5.74) is 0.990. The maximum Gasteiger partial charge on any atom is 0.233 e. The van der Waals surface area contributed by atoms with Crippen molar-refractivity contribution in [2.45, 2.75) is 12.1 Å². The zero-order valence-electron chi connectivity index (χ0n) is 12.8. The van der Waals surface area contributed by atoms with Gasteiger partial charge in [-0.3, -0.25) is 9.89 Å². The largest absolute Gasteiger partial charge is 0.368 e. The first-order valence-corrected chi connectivity index (χ1v) is 8.40. The molecular weight excluding hydrogens is 317 g/mol. The van der Waals surface area contributed by atoms with Crippen molar-refractivity contribution in [1.82, 2.24) is 20.1 Å². The first kappa shape index (κ1) is 15.8. The van der Waals surface area contributed by atoms with Crippen LogP contribution in [0.15, 0.2) is 29.4 Å². The van der Waals surface area contributed by atoms with Crippen molar-refractivity contribution in [1.29, 1.82) is 0 Å². The summed E-state index contributed by atoms with van der Waals surface area (Å²) in [6.45, 7) is 4.67. The summed E-state index contributed by atoms with van der Waals surface area (Å²) in [6.07, 6.45) is 0. The Morgan fingerprint density at radius 1 is 1.26 bits per heavy atom. The van der Waals surface area contributed by atoms with Gasteiger partial charge in [0.1, 0.15) is 11.6 Å². The van der Waals surface area contributed by atoms with Crippen molar-refractivity contribution in [2.75, 3.05) is 36.8 Å². The Morgan fingerprint density at radius 2 is 1.96 bits per heavy atom. The van der Waals surface area contributed by atoms with E-state index in [0.29, 0.717) is 24.0 Å². The van der Waals surface area contributed by atoms with Crippen LogP contribution in [0, 0.1) is 12.7 Å². The Kier molecular flexibility index (Phi) is 4.80. The predicted molar refractivity (Wildman–Crippen MR) is 87.0 cm³/mol. The van der Waals surface area contributed by atoms with Crippen LogP contribution in [0.3, 0.4) is 0 Å². The number of hydrogen-bond acceptors (Lipinski definition) is 5. The highest BCUT2D eigenvalue weighted by Gasteiger charge is 2.21. The summed E-state index contributed by atoms with van der Waals surface area (Å²) in [5.74, 6) is 0.944. The van der Waals surface area contributed by atoms with Gasteiger partial charge in [0.2, 0.25) is 11.1 Å². The predicted octanol–water partition coefficient (Wildman–Crippen LogP) is 1.69. The maximum absolute atomic E-state index is 13.0. The van der Waals surface area contributed by atoms with E-state index in [2.05, 4.69) is 20.1 Å². The molecule has 1 aromatic heterocycles. The van der Waals surface area contributed by atoms with Crippen LogP contribution in [-0.4, -0.2) is 57.9 Å². The third-order valence-corrected chi connectivity index (χ3v) is 4.56. The number of aromatic amines is 1. The van der Waals surface area contributed by atoms with Crippen molar-refractivity contribution >= 4 is 23.4 Å². The van der Waals surface area contributed by atoms with Crippen LogP contribution in [0.5, 0.6) is 0 Å². The molecule has 1 saturated heterocycles. The molecule has 0 saturated carbocycles. The van der Waals surface area contributed by atoms with Gasteiger partial charge in [-0.05, 0) is 31.2 Å². The lowest BCUT2D eigenvalue weighted by molar-refractivity contribution is -0.128. The number of anilines is 1. The average Bonchev–Trinajstić information content (AvgIpc) is 2.99. The summed E-state index contributed by atoms with van der Waals surface area (Å²) in [5, 5.41) is 7.37. The Hall–Kier alpha value is -2.09. The Bertz CT molecular complexity index is 667. The van der Waals surface area contributed by atoms with Crippen molar-refractivity contribution < 1.29 is 9.18 Å². The van der Waals surface area contributed by atoms with E-state index in [4.69, 9.17) is 0 Å². The number of nitrogens with zero attached hydrogens (tertiary/aromatic N) is 4. The second-order valence-corrected chi connectivity index (χ2v) is 6.28. The molecule has 1 fully saturated rings. The molecule has 8 heteroatoms. The number of aromatic nitrogens is 3. The monoisotopic (exact) mass is 335 g/mol. The second kappa shape index (κ2) is 6.99. The molecule has 122 valence electrons. The summed E-state index contributed by atoms with van der Waals surface area (Å²) in [7, 11) is 0. The molecule has 1 aliphatic heterocycles. The van der Waals surface area contributed by atoms with Gasteiger partial charge >= 0.3 is 0 Å². The van der Waals surface area contributed by atoms with E-state index in [9.17, 15) is 9.18 Å². The van der Waals surface area contributed by atoms with E-state index in [1.54, 1.807) is 12.1 Å². The van der Waals surface area contributed by atoms with Crippen molar-refractivity contribution in [2.24, 2.45) is 0 Å². The van der Waals surface area contributed by atoms with Crippen molar-refractivity contribution in [3.8, 4) is 0 Å². The van der Waals surface area contributed by atoms with Gasteiger partial charge in [-0.2, -0.15) is 0 Å². The molecule has 0 radical (unpaired) electrons. The highest BCUT2D eigenvalue weighted by atomic mass is 32.2. The number of amides is 1. The molecule has 6 nitrogen and oxygen atoms in total. The molecule has 2 heterocycles. The Morgan fingerprint density at radius 3 is 2.57 bits per heavy atom. The first-order chi connectivity index (χ1) is 11.1. The third kappa shape index (κ3) is 4.01. The molecule has 23 heavy (non-hydrogen) atoms. The number of carbonyl (C=O) groups is 1. The van der Waals surface area contributed by atoms with E-state index >= 15 is 0 Å². The zero-order chi connectivity index (χ0) is 16.2. The highest BCUT2D eigenvalue weighted by molar-refractivity contribution is 7.99. The number of hydrogen-bond donors (Lipinski definition) is 1. The molecule has 0 bridgehead atoms. The maximum atomic E-state index is 13.0. The number of thioether (sulfide) groups is 1. The summed E-state index contributed by atoms with van der Waals surface area (Å²) in [4.78, 5) is 20.4. The molecule has 0 spiro atoms. The molecular formula is C15H18FN5OS. The lowest BCUT2D eigenvalue weighted by atomic mass is 10.2. The molecule has 1 amide bonds.